The van der Waals surface area contributed by atoms with Crippen LogP contribution in [0.3, 0.4) is 0 Å². The van der Waals surface area contributed by atoms with Gasteiger partial charge in [0.05, 0.1) is 17.5 Å². The maximum absolute atomic E-state index is 13.2. The molecular formula is C21H24N2O3S. The largest absolute Gasteiger partial charge is 0.497 e. The molecule has 0 radical (unpaired) electrons. The highest BCUT2D eigenvalue weighted by Gasteiger charge is 2.49. The van der Waals surface area contributed by atoms with E-state index in [4.69, 9.17) is 4.74 Å². The maximum Gasteiger partial charge on any atom is 0.264 e. The minimum atomic E-state index is -0.301. The minimum Gasteiger partial charge on any atom is -0.497 e. The second-order valence-corrected chi connectivity index (χ2v) is 8.37. The molecule has 1 aliphatic heterocycles. The monoisotopic (exact) mass is 384 g/mol. The van der Waals surface area contributed by atoms with Gasteiger partial charge in [0.15, 0.2) is 0 Å². The molecule has 2 aliphatic rings. The van der Waals surface area contributed by atoms with E-state index in [1.165, 1.54) is 11.3 Å². The molecule has 2 heterocycles. The van der Waals surface area contributed by atoms with Crippen molar-refractivity contribution < 1.29 is 14.3 Å². The molecule has 0 atom stereocenters. The maximum atomic E-state index is 13.2. The lowest BCUT2D eigenvalue weighted by Crippen LogP contribution is -2.65. The van der Waals surface area contributed by atoms with Crippen LogP contribution in [0.25, 0.3) is 0 Å². The average molecular weight is 385 g/mol. The first-order valence-corrected chi connectivity index (χ1v) is 10.2. The Morgan fingerprint density at radius 3 is 2.44 bits per heavy atom. The van der Waals surface area contributed by atoms with Crippen LogP contribution < -0.4 is 9.64 Å². The van der Waals surface area contributed by atoms with Gasteiger partial charge in [-0.05, 0) is 61.0 Å². The van der Waals surface area contributed by atoms with Gasteiger partial charge >= 0.3 is 0 Å². The van der Waals surface area contributed by atoms with E-state index in [1.807, 2.05) is 47.5 Å². The molecule has 1 saturated heterocycles. The van der Waals surface area contributed by atoms with Crippen molar-refractivity contribution >= 4 is 28.8 Å². The number of thiophene rings is 1. The van der Waals surface area contributed by atoms with E-state index in [0.29, 0.717) is 6.54 Å². The molecule has 1 spiro atoms. The number of piperazine rings is 1. The number of carbonyl (C=O) groups excluding carboxylic acids is 2. The normalized spacial score (nSPS) is 19.0. The van der Waals surface area contributed by atoms with Crippen LogP contribution >= 0.6 is 11.3 Å². The van der Waals surface area contributed by atoms with Crippen molar-refractivity contribution in [3.05, 3.63) is 46.2 Å². The van der Waals surface area contributed by atoms with E-state index < -0.39 is 0 Å². The van der Waals surface area contributed by atoms with E-state index >= 15 is 0 Å². The molecule has 1 saturated carbocycles. The van der Waals surface area contributed by atoms with Crippen LogP contribution in [-0.4, -0.2) is 42.5 Å². The van der Waals surface area contributed by atoms with Gasteiger partial charge in [-0.15, -0.1) is 11.3 Å². The van der Waals surface area contributed by atoms with Crippen molar-refractivity contribution in [1.29, 1.82) is 0 Å². The molecule has 2 amide bonds. The van der Waals surface area contributed by atoms with Gasteiger partial charge in [-0.2, -0.15) is 0 Å². The third-order valence-electron chi connectivity index (χ3n) is 5.74. The Bertz CT molecular complexity index is 853. The lowest BCUT2D eigenvalue weighted by Gasteiger charge is -2.48. The number of ether oxygens (including phenoxy) is 1. The van der Waals surface area contributed by atoms with E-state index in [-0.39, 0.29) is 23.9 Å². The summed E-state index contributed by atoms with van der Waals surface area (Å²) in [5.74, 6) is 0.751. The number of hydrogen-bond acceptors (Lipinski definition) is 4. The molecule has 5 nitrogen and oxygen atoms in total. The van der Waals surface area contributed by atoms with Crippen LogP contribution in [0.4, 0.5) is 5.69 Å². The zero-order valence-corrected chi connectivity index (χ0v) is 16.6. The molecule has 2 aromatic rings. The minimum absolute atomic E-state index is 0.00382. The molecule has 1 aromatic carbocycles. The number of amides is 2. The predicted octanol–water partition coefficient (Wildman–Crippen LogP) is 3.87. The number of anilines is 1. The fourth-order valence-corrected chi connectivity index (χ4v) is 5.32. The van der Waals surface area contributed by atoms with Crippen LogP contribution in [0.1, 0.15) is 40.9 Å². The van der Waals surface area contributed by atoms with Crippen LogP contribution in [0.15, 0.2) is 35.7 Å². The molecule has 27 heavy (non-hydrogen) atoms. The fourth-order valence-electron chi connectivity index (χ4n) is 4.42. The number of aryl methyl sites for hydroxylation is 1. The highest BCUT2D eigenvalue weighted by Crippen LogP contribution is 2.42. The molecule has 0 bridgehead atoms. The van der Waals surface area contributed by atoms with Crippen molar-refractivity contribution in [2.45, 2.75) is 38.1 Å². The van der Waals surface area contributed by atoms with Crippen molar-refractivity contribution in [3.8, 4) is 5.75 Å². The number of methoxy groups -OCH3 is 1. The average Bonchev–Trinajstić information content (AvgIpc) is 3.30. The molecule has 2 fully saturated rings. The summed E-state index contributed by atoms with van der Waals surface area (Å²) < 4.78 is 5.25. The smallest absolute Gasteiger partial charge is 0.264 e. The van der Waals surface area contributed by atoms with Crippen LogP contribution in [0.5, 0.6) is 5.75 Å². The number of carbonyl (C=O) groups is 2. The molecular weight excluding hydrogens is 360 g/mol. The molecule has 1 aromatic heterocycles. The predicted molar refractivity (Wildman–Crippen MR) is 107 cm³/mol. The van der Waals surface area contributed by atoms with Gasteiger partial charge in [-0.1, -0.05) is 12.8 Å². The van der Waals surface area contributed by atoms with Crippen molar-refractivity contribution in [2.75, 3.05) is 25.1 Å². The van der Waals surface area contributed by atoms with E-state index in [2.05, 4.69) is 0 Å². The highest BCUT2D eigenvalue weighted by molar-refractivity contribution is 7.12. The van der Waals surface area contributed by atoms with Gasteiger partial charge in [0.1, 0.15) is 12.3 Å². The van der Waals surface area contributed by atoms with Crippen molar-refractivity contribution in [2.24, 2.45) is 0 Å². The Balaban J connectivity index is 1.66. The zero-order valence-electron chi connectivity index (χ0n) is 15.7. The van der Waals surface area contributed by atoms with E-state index in [9.17, 15) is 9.59 Å². The van der Waals surface area contributed by atoms with Crippen LogP contribution in [0, 0.1) is 6.92 Å². The second kappa shape index (κ2) is 7.00. The van der Waals surface area contributed by atoms with Crippen molar-refractivity contribution in [1.82, 2.24) is 4.90 Å². The summed E-state index contributed by atoms with van der Waals surface area (Å²) in [6.45, 7) is 2.68. The van der Waals surface area contributed by atoms with Crippen LogP contribution in [0.2, 0.25) is 0 Å². The summed E-state index contributed by atoms with van der Waals surface area (Å²) in [5, 5.41) is 1.93. The zero-order chi connectivity index (χ0) is 19.0. The first-order valence-electron chi connectivity index (χ1n) is 9.34. The van der Waals surface area contributed by atoms with Gasteiger partial charge in [-0.3, -0.25) is 9.59 Å². The summed E-state index contributed by atoms with van der Waals surface area (Å²) in [5.41, 5.74) is 1.57. The molecule has 4 rings (SSSR count). The Morgan fingerprint density at radius 2 is 1.85 bits per heavy atom. The third kappa shape index (κ3) is 3.12. The summed E-state index contributed by atoms with van der Waals surface area (Å²) in [4.78, 5) is 30.7. The Labute approximate surface area is 163 Å². The molecule has 6 heteroatoms. The molecule has 0 unspecified atom stereocenters. The number of nitrogens with zero attached hydrogens (tertiary/aromatic N) is 2. The first kappa shape index (κ1) is 18.0. The number of benzene rings is 1. The van der Waals surface area contributed by atoms with Gasteiger partial charge in [0, 0.05) is 12.2 Å². The summed E-state index contributed by atoms with van der Waals surface area (Å²) in [6, 6.07) is 9.61. The Hall–Kier alpha value is -2.34. The van der Waals surface area contributed by atoms with E-state index in [1.54, 1.807) is 12.0 Å². The lowest BCUT2D eigenvalue weighted by molar-refractivity contribution is -0.123. The van der Waals surface area contributed by atoms with Crippen LogP contribution in [-0.2, 0) is 4.79 Å². The van der Waals surface area contributed by atoms with Gasteiger partial charge in [0.2, 0.25) is 5.91 Å². The topological polar surface area (TPSA) is 49.9 Å². The molecule has 142 valence electrons. The second-order valence-electron chi connectivity index (χ2n) is 7.45. The Morgan fingerprint density at radius 1 is 1.15 bits per heavy atom. The molecule has 0 N–H and O–H groups in total. The standard InChI is InChI=1S/C21H24N2O3S/c1-15-9-12-27-19(15)20(25)22-13-18(24)23(21(14-22)10-3-4-11-21)16-5-7-17(26-2)8-6-16/h5-9,12H,3-4,10-11,13-14H2,1-2H3. The highest BCUT2D eigenvalue weighted by atomic mass is 32.1. The number of hydrogen-bond donors (Lipinski definition) is 0. The first-order chi connectivity index (χ1) is 13.0. The fraction of sp³-hybridized carbons (Fsp3) is 0.429. The van der Waals surface area contributed by atoms with Gasteiger partial charge < -0.3 is 14.5 Å². The lowest BCUT2D eigenvalue weighted by atomic mass is 9.90. The summed E-state index contributed by atoms with van der Waals surface area (Å²) >= 11 is 1.45. The Kier molecular flexibility index (Phi) is 4.68. The SMILES string of the molecule is COc1ccc(N2C(=O)CN(C(=O)c3sccc3C)CC23CCCC3)cc1. The summed E-state index contributed by atoms with van der Waals surface area (Å²) in [7, 11) is 1.63. The number of rotatable bonds is 3. The summed E-state index contributed by atoms with van der Waals surface area (Å²) in [6.07, 6.45) is 4.02. The van der Waals surface area contributed by atoms with Gasteiger partial charge in [0.25, 0.3) is 5.91 Å². The van der Waals surface area contributed by atoms with E-state index in [0.717, 1.165) is 47.6 Å². The third-order valence-corrected chi connectivity index (χ3v) is 6.75. The quantitative estimate of drug-likeness (QED) is 0.807. The van der Waals surface area contributed by atoms with Crippen molar-refractivity contribution in [3.63, 3.8) is 0 Å². The van der Waals surface area contributed by atoms with Gasteiger partial charge in [-0.25, -0.2) is 0 Å². The molecule has 1 aliphatic carbocycles.